The first-order chi connectivity index (χ1) is 6.63. The maximum atomic E-state index is 5.71. The second-order valence-electron chi connectivity index (χ2n) is 3.86. The van der Waals surface area contributed by atoms with Gasteiger partial charge in [0, 0.05) is 13.1 Å². The Morgan fingerprint density at radius 1 is 1.43 bits per heavy atom. The predicted molar refractivity (Wildman–Crippen MR) is 56.6 cm³/mol. The van der Waals surface area contributed by atoms with Crippen LogP contribution < -0.4 is 11.6 Å². The number of nitrogens with two attached hydrogens (primary N) is 2. The van der Waals surface area contributed by atoms with Crippen LogP contribution in [0.15, 0.2) is 5.10 Å². The zero-order chi connectivity index (χ0) is 10.6. The maximum absolute atomic E-state index is 5.71. The molecule has 0 aromatic carbocycles. The van der Waals surface area contributed by atoms with Crippen molar-refractivity contribution >= 4 is 5.96 Å². The molecule has 5 heteroatoms. The van der Waals surface area contributed by atoms with Gasteiger partial charge in [-0.25, -0.2) is 0 Å². The molecule has 1 heterocycles. The minimum atomic E-state index is 0.298. The number of hydrogen-bond acceptors (Lipinski definition) is 3. The number of hydrazone groups is 1. The largest absolute Gasteiger partial charge is 0.375 e. The molecule has 82 valence electrons. The van der Waals surface area contributed by atoms with Crippen LogP contribution in [0.4, 0.5) is 0 Å². The summed E-state index contributed by atoms with van der Waals surface area (Å²) in [6.45, 7) is 5.87. The number of guanidine groups is 1. The van der Waals surface area contributed by atoms with Gasteiger partial charge in [0.1, 0.15) is 0 Å². The molecule has 0 unspecified atom stereocenters. The van der Waals surface area contributed by atoms with Gasteiger partial charge in [-0.1, -0.05) is 0 Å². The van der Waals surface area contributed by atoms with Crippen molar-refractivity contribution in [1.82, 2.24) is 4.90 Å². The van der Waals surface area contributed by atoms with E-state index in [1.807, 2.05) is 4.90 Å². The van der Waals surface area contributed by atoms with Crippen LogP contribution in [0.25, 0.3) is 0 Å². The Morgan fingerprint density at radius 2 is 2.00 bits per heavy atom. The molecule has 0 aromatic heterocycles. The summed E-state index contributed by atoms with van der Waals surface area (Å²) in [5.41, 5.74) is 5.60. The fraction of sp³-hybridized carbons (Fsp3) is 0.889. The lowest BCUT2D eigenvalue weighted by Crippen LogP contribution is -2.45. The number of hydrogen-bond donors (Lipinski definition) is 2. The highest BCUT2D eigenvalue weighted by molar-refractivity contribution is 5.77. The topological polar surface area (TPSA) is 76.9 Å². The highest BCUT2D eigenvalue weighted by Gasteiger charge is 2.21. The first-order valence-corrected chi connectivity index (χ1v) is 5.07. The van der Waals surface area contributed by atoms with E-state index in [4.69, 9.17) is 16.3 Å². The Balaban J connectivity index is 2.31. The van der Waals surface area contributed by atoms with Crippen LogP contribution in [0.3, 0.4) is 0 Å². The zero-order valence-corrected chi connectivity index (χ0v) is 8.94. The lowest BCUT2D eigenvalue weighted by Gasteiger charge is -2.33. The Hall–Kier alpha value is -0.970. The van der Waals surface area contributed by atoms with E-state index < -0.39 is 0 Å². The molecule has 0 spiro atoms. The first-order valence-electron chi connectivity index (χ1n) is 5.07. The molecule has 1 aliphatic heterocycles. The molecule has 1 aliphatic rings. The molecule has 1 fully saturated rings. The number of piperidine rings is 1. The van der Waals surface area contributed by atoms with Gasteiger partial charge in [-0.2, -0.15) is 0 Å². The van der Waals surface area contributed by atoms with Crippen molar-refractivity contribution in [2.45, 2.75) is 38.9 Å². The van der Waals surface area contributed by atoms with Crippen LogP contribution in [0.1, 0.15) is 26.7 Å². The zero-order valence-electron chi connectivity index (χ0n) is 8.94. The van der Waals surface area contributed by atoms with E-state index in [0.717, 1.165) is 25.9 Å². The van der Waals surface area contributed by atoms with Crippen LogP contribution in [0.5, 0.6) is 0 Å². The van der Waals surface area contributed by atoms with Gasteiger partial charge < -0.3 is 21.2 Å². The predicted octanol–water partition coefficient (Wildman–Crippen LogP) is 0.0642. The average Bonchev–Trinajstić information content (AvgIpc) is 2.17. The van der Waals surface area contributed by atoms with Crippen molar-refractivity contribution in [3.05, 3.63) is 0 Å². The minimum Gasteiger partial charge on any atom is -0.375 e. The molecule has 0 saturated carbocycles. The molecular weight excluding hydrogens is 180 g/mol. The minimum absolute atomic E-state index is 0.298. The fourth-order valence-corrected chi connectivity index (χ4v) is 1.69. The molecular formula is C9H20N4O. The van der Waals surface area contributed by atoms with Crippen LogP contribution in [-0.2, 0) is 4.74 Å². The SMILES string of the molecule is CC(C)OC1CCN(/C(N)=N/N)CC1. The molecule has 0 bridgehead atoms. The quantitative estimate of drug-likeness (QED) is 0.286. The third-order valence-electron chi connectivity index (χ3n) is 2.36. The van der Waals surface area contributed by atoms with E-state index in [1.54, 1.807) is 0 Å². The molecule has 1 saturated heterocycles. The standard InChI is InChI=1S/C9H20N4O/c1-7(2)14-8-3-5-13(6-4-8)9(10)12-11/h7-8H,3-6,11H2,1-2H3,(H2,10,12). The van der Waals surface area contributed by atoms with E-state index in [0.29, 0.717) is 18.2 Å². The van der Waals surface area contributed by atoms with Crippen LogP contribution in [0.2, 0.25) is 0 Å². The third-order valence-corrected chi connectivity index (χ3v) is 2.36. The van der Waals surface area contributed by atoms with Crippen LogP contribution in [0, 0.1) is 0 Å². The molecule has 0 atom stereocenters. The number of likely N-dealkylation sites (tertiary alicyclic amines) is 1. The van der Waals surface area contributed by atoms with Crippen LogP contribution >= 0.6 is 0 Å². The molecule has 0 amide bonds. The van der Waals surface area contributed by atoms with Crippen molar-refractivity contribution in [2.75, 3.05) is 13.1 Å². The molecule has 5 nitrogen and oxygen atoms in total. The van der Waals surface area contributed by atoms with E-state index in [9.17, 15) is 0 Å². The number of rotatable bonds is 2. The Morgan fingerprint density at radius 3 is 2.43 bits per heavy atom. The summed E-state index contributed by atoms with van der Waals surface area (Å²) in [6.07, 6.45) is 2.65. The summed E-state index contributed by atoms with van der Waals surface area (Å²) < 4.78 is 5.71. The normalized spacial score (nSPS) is 20.5. The first kappa shape index (κ1) is 11.1. The van der Waals surface area contributed by atoms with Gasteiger partial charge in [0.25, 0.3) is 0 Å². The molecule has 0 radical (unpaired) electrons. The van der Waals surface area contributed by atoms with Gasteiger partial charge in [0.15, 0.2) is 0 Å². The van der Waals surface area contributed by atoms with Crippen molar-refractivity contribution in [3.8, 4) is 0 Å². The summed E-state index contributed by atoms with van der Waals surface area (Å²) in [5.74, 6) is 5.53. The van der Waals surface area contributed by atoms with Crippen molar-refractivity contribution in [3.63, 3.8) is 0 Å². The van der Waals surface area contributed by atoms with Gasteiger partial charge in [-0.3, -0.25) is 0 Å². The molecule has 0 aromatic rings. The summed E-state index contributed by atoms with van der Waals surface area (Å²) in [7, 11) is 0. The maximum Gasteiger partial charge on any atom is 0.213 e. The highest BCUT2D eigenvalue weighted by atomic mass is 16.5. The smallest absolute Gasteiger partial charge is 0.213 e. The Kier molecular flexibility index (Phi) is 4.00. The average molecular weight is 200 g/mol. The van der Waals surface area contributed by atoms with Gasteiger partial charge >= 0.3 is 0 Å². The van der Waals surface area contributed by atoms with Gasteiger partial charge in [-0.15, -0.1) is 5.10 Å². The number of ether oxygens (including phenoxy) is 1. The molecule has 14 heavy (non-hydrogen) atoms. The van der Waals surface area contributed by atoms with Crippen molar-refractivity contribution in [2.24, 2.45) is 16.7 Å². The van der Waals surface area contributed by atoms with Gasteiger partial charge in [-0.05, 0) is 26.7 Å². The summed E-state index contributed by atoms with van der Waals surface area (Å²) >= 11 is 0. The van der Waals surface area contributed by atoms with E-state index in [-0.39, 0.29) is 0 Å². The lowest BCUT2D eigenvalue weighted by molar-refractivity contribution is -0.0184. The van der Waals surface area contributed by atoms with Crippen LogP contribution in [-0.4, -0.2) is 36.2 Å². The third kappa shape index (κ3) is 3.06. The van der Waals surface area contributed by atoms with E-state index in [1.165, 1.54) is 0 Å². The van der Waals surface area contributed by atoms with Crippen molar-refractivity contribution in [1.29, 1.82) is 0 Å². The van der Waals surface area contributed by atoms with Crippen molar-refractivity contribution < 1.29 is 4.74 Å². The highest BCUT2D eigenvalue weighted by Crippen LogP contribution is 2.14. The monoisotopic (exact) mass is 200 g/mol. The molecule has 1 rings (SSSR count). The summed E-state index contributed by atoms with van der Waals surface area (Å²) in [5, 5.41) is 3.48. The van der Waals surface area contributed by atoms with E-state index >= 15 is 0 Å². The lowest BCUT2D eigenvalue weighted by atomic mass is 10.1. The van der Waals surface area contributed by atoms with Gasteiger partial charge in [0.05, 0.1) is 12.2 Å². The van der Waals surface area contributed by atoms with E-state index in [2.05, 4.69) is 18.9 Å². The molecule has 0 aliphatic carbocycles. The van der Waals surface area contributed by atoms with Gasteiger partial charge in [0.2, 0.25) is 5.96 Å². The molecule has 4 N–H and O–H groups in total. The second kappa shape index (κ2) is 5.05. The Bertz CT molecular complexity index is 197. The Labute approximate surface area is 85.1 Å². The number of nitrogens with zero attached hydrogens (tertiary/aromatic N) is 2. The summed E-state index contributed by atoms with van der Waals surface area (Å²) in [6, 6.07) is 0. The summed E-state index contributed by atoms with van der Waals surface area (Å²) in [4.78, 5) is 1.99. The fourth-order valence-electron chi connectivity index (χ4n) is 1.69. The second-order valence-corrected chi connectivity index (χ2v) is 3.86.